The Morgan fingerprint density at radius 1 is 1.10 bits per heavy atom. The number of hydrogen-bond acceptors (Lipinski definition) is 2. The first kappa shape index (κ1) is 14.9. The van der Waals surface area contributed by atoms with E-state index < -0.39 is 17.2 Å². The number of hydrogen-bond donors (Lipinski definition) is 2. The molecule has 0 aromatic heterocycles. The lowest BCUT2D eigenvalue weighted by Crippen LogP contribution is -2.25. The van der Waals surface area contributed by atoms with Gasteiger partial charge in [0.1, 0.15) is 17.4 Å². The van der Waals surface area contributed by atoms with Gasteiger partial charge in [-0.25, -0.2) is 8.78 Å². The summed E-state index contributed by atoms with van der Waals surface area (Å²) in [7, 11) is 0. The first-order valence-electron chi connectivity index (χ1n) is 5.95. The summed E-state index contributed by atoms with van der Waals surface area (Å²) in [4.78, 5) is 0. The standard InChI is InChI=1S/C15H13BrF2O2/c1-15(20,9-2-4-10(19)5-3-9)8-11-13(17)7-6-12(16)14(11)18/h2-7,19-20H,8H2,1H3. The molecule has 0 saturated carbocycles. The van der Waals surface area contributed by atoms with E-state index in [0.29, 0.717) is 5.56 Å². The van der Waals surface area contributed by atoms with Gasteiger partial charge in [0.15, 0.2) is 0 Å². The van der Waals surface area contributed by atoms with Crippen LogP contribution in [0.25, 0.3) is 0 Å². The fraction of sp³-hybridized carbons (Fsp3) is 0.200. The monoisotopic (exact) mass is 342 g/mol. The lowest BCUT2D eigenvalue weighted by molar-refractivity contribution is 0.0556. The van der Waals surface area contributed by atoms with Crippen molar-refractivity contribution in [3.05, 3.63) is 63.6 Å². The van der Waals surface area contributed by atoms with Gasteiger partial charge in [-0.1, -0.05) is 12.1 Å². The number of rotatable bonds is 3. The van der Waals surface area contributed by atoms with E-state index >= 15 is 0 Å². The molecule has 2 aromatic carbocycles. The Kier molecular flexibility index (Phi) is 4.11. The molecular formula is C15H13BrF2O2. The van der Waals surface area contributed by atoms with Crippen LogP contribution >= 0.6 is 15.9 Å². The zero-order valence-corrected chi connectivity index (χ0v) is 12.3. The van der Waals surface area contributed by atoms with Crippen LogP contribution in [0.1, 0.15) is 18.1 Å². The summed E-state index contributed by atoms with van der Waals surface area (Å²) in [5.74, 6) is -1.36. The molecule has 20 heavy (non-hydrogen) atoms. The molecule has 1 unspecified atom stereocenters. The van der Waals surface area contributed by atoms with Gasteiger partial charge >= 0.3 is 0 Å². The van der Waals surface area contributed by atoms with Gasteiger partial charge in [0.05, 0.1) is 10.1 Å². The van der Waals surface area contributed by atoms with Crippen molar-refractivity contribution < 1.29 is 19.0 Å². The van der Waals surface area contributed by atoms with Crippen LogP contribution in [-0.2, 0) is 12.0 Å². The summed E-state index contributed by atoms with van der Waals surface area (Å²) >= 11 is 3.00. The van der Waals surface area contributed by atoms with Crippen LogP contribution in [0.5, 0.6) is 5.75 Å². The zero-order chi connectivity index (χ0) is 14.9. The second-order valence-electron chi connectivity index (χ2n) is 4.82. The average molecular weight is 343 g/mol. The van der Waals surface area contributed by atoms with Crippen LogP contribution in [0.4, 0.5) is 8.78 Å². The van der Waals surface area contributed by atoms with Gasteiger partial charge in [-0.2, -0.15) is 0 Å². The van der Waals surface area contributed by atoms with Crippen molar-refractivity contribution in [1.29, 1.82) is 0 Å². The minimum atomic E-state index is -1.45. The van der Waals surface area contributed by atoms with E-state index in [-0.39, 0.29) is 22.2 Å². The highest BCUT2D eigenvalue weighted by atomic mass is 79.9. The lowest BCUT2D eigenvalue weighted by Gasteiger charge is -2.24. The topological polar surface area (TPSA) is 40.5 Å². The number of phenols is 1. The van der Waals surface area contributed by atoms with E-state index in [1.165, 1.54) is 37.3 Å². The molecule has 0 spiro atoms. The Hall–Kier alpha value is -1.46. The molecule has 0 saturated heterocycles. The average Bonchev–Trinajstić information content (AvgIpc) is 2.40. The van der Waals surface area contributed by atoms with Gasteiger partial charge < -0.3 is 10.2 Å². The lowest BCUT2D eigenvalue weighted by atomic mass is 9.88. The molecule has 0 fully saturated rings. The predicted molar refractivity (Wildman–Crippen MR) is 75.4 cm³/mol. The maximum absolute atomic E-state index is 13.9. The molecule has 0 amide bonds. The third-order valence-electron chi connectivity index (χ3n) is 3.15. The van der Waals surface area contributed by atoms with Crippen molar-refractivity contribution in [2.75, 3.05) is 0 Å². The Morgan fingerprint density at radius 2 is 1.70 bits per heavy atom. The minimum Gasteiger partial charge on any atom is -0.508 e. The van der Waals surface area contributed by atoms with Crippen LogP contribution in [0.2, 0.25) is 0 Å². The fourth-order valence-electron chi connectivity index (χ4n) is 2.00. The number of aliphatic hydroxyl groups is 1. The normalized spacial score (nSPS) is 14.1. The molecular weight excluding hydrogens is 330 g/mol. The van der Waals surface area contributed by atoms with E-state index in [2.05, 4.69) is 15.9 Å². The van der Waals surface area contributed by atoms with Crippen LogP contribution in [0.3, 0.4) is 0 Å². The molecule has 5 heteroatoms. The highest BCUT2D eigenvalue weighted by molar-refractivity contribution is 9.10. The Bertz CT molecular complexity index is 625. The van der Waals surface area contributed by atoms with E-state index in [9.17, 15) is 19.0 Å². The zero-order valence-electron chi connectivity index (χ0n) is 10.7. The van der Waals surface area contributed by atoms with Crippen molar-refractivity contribution in [3.63, 3.8) is 0 Å². The van der Waals surface area contributed by atoms with Gasteiger partial charge in [0.25, 0.3) is 0 Å². The first-order chi connectivity index (χ1) is 9.31. The highest BCUT2D eigenvalue weighted by Gasteiger charge is 2.27. The molecule has 0 aliphatic rings. The Balaban J connectivity index is 2.38. The predicted octanol–water partition coefficient (Wildman–Crippen LogP) is 3.88. The molecule has 2 rings (SSSR count). The summed E-state index contributed by atoms with van der Waals surface area (Å²) in [6, 6.07) is 8.29. The summed E-state index contributed by atoms with van der Waals surface area (Å²) in [6.45, 7) is 1.47. The van der Waals surface area contributed by atoms with Crippen LogP contribution in [-0.4, -0.2) is 10.2 Å². The van der Waals surface area contributed by atoms with E-state index in [1.807, 2.05) is 0 Å². The maximum atomic E-state index is 13.9. The molecule has 0 aliphatic heterocycles. The molecule has 0 heterocycles. The van der Waals surface area contributed by atoms with Gasteiger partial charge in [-0.3, -0.25) is 0 Å². The van der Waals surface area contributed by atoms with Crippen molar-refractivity contribution in [1.82, 2.24) is 0 Å². The molecule has 2 aromatic rings. The second kappa shape index (κ2) is 5.50. The first-order valence-corrected chi connectivity index (χ1v) is 6.75. The van der Waals surface area contributed by atoms with Crippen molar-refractivity contribution in [2.45, 2.75) is 18.9 Å². The fourth-order valence-corrected chi connectivity index (χ4v) is 2.37. The highest BCUT2D eigenvalue weighted by Crippen LogP contribution is 2.30. The van der Waals surface area contributed by atoms with E-state index in [0.717, 1.165) is 6.07 Å². The van der Waals surface area contributed by atoms with Crippen LogP contribution in [0.15, 0.2) is 40.9 Å². The van der Waals surface area contributed by atoms with Crippen LogP contribution < -0.4 is 0 Å². The molecule has 0 radical (unpaired) electrons. The maximum Gasteiger partial charge on any atom is 0.143 e. The molecule has 1 atom stereocenters. The van der Waals surface area contributed by atoms with Crippen molar-refractivity contribution in [3.8, 4) is 5.75 Å². The van der Waals surface area contributed by atoms with Gasteiger partial charge in [-0.05, 0) is 52.7 Å². The molecule has 0 bridgehead atoms. The quantitative estimate of drug-likeness (QED) is 0.831. The number of aromatic hydroxyl groups is 1. The smallest absolute Gasteiger partial charge is 0.143 e. The summed E-state index contributed by atoms with van der Waals surface area (Å²) in [6.07, 6.45) is -0.213. The van der Waals surface area contributed by atoms with Gasteiger partial charge in [0, 0.05) is 12.0 Å². The summed E-state index contributed by atoms with van der Waals surface area (Å²) < 4.78 is 27.8. The van der Waals surface area contributed by atoms with E-state index in [4.69, 9.17) is 0 Å². The summed E-state index contributed by atoms with van der Waals surface area (Å²) in [5, 5.41) is 19.7. The van der Waals surface area contributed by atoms with Crippen molar-refractivity contribution >= 4 is 15.9 Å². The largest absolute Gasteiger partial charge is 0.508 e. The van der Waals surface area contributed by atoms with Crippen LogP contribution in [0, 0.1) is 11.6 Å². The summed E-state index contributed by atoms with van der Waals surface area (Å²) in [5.41, 5.74) is -1.16. The SMILES string of the molecule is CC(O)(Cc1c(F)ccc(Br)c1F)c1ccc(O)cc1. The number of halogens is 3. The molecule has 0 aliphatic carbocycles. The minimum absolute atomic E-state index is 0.0596. The number of phenolic OH excluding ortho intramolecular Hbond substituents is 1. The Labute approximate surface area is 123 Å². The van der Waals surface area contributed by atoms with Gasteiger partial charge in [-0.15, -0.1) is 0 Å². The van der Waals surface area contributed by atoms with Crippen molar-refractivity contribution in [2.24, 2.45) is 0 Å². The second-order valence-corrected chi connectivity index (χ2v) is 5.67. The van der Waals surface area contributed by atoms with Gasteiger partial charge in [0.2, 0.25) is 0 Å². The number of benzene rings is 2. The molecule has 2 nitrogen and oxygen atoms in total. The third-order valence-corrected chi connectivity index (χ3v) is 3.76. The molecule has 2 N–H and O–H groups in total. The molecule has 106 valence electrons. The van der Waals surface area contributed by atoms with E-state index in [1.54, 1.807) is 0 Å². The Morgan fingerprint density at radius 3 is 2.30 bits per heavy atom. The third kappa shape index (κ3) is 2.99.